The largest absolute Gasteiger partial charge is 0.354 e. The number of rotatable bonds is 5. The quantitative estimate of drug-likeness (QED) is 0.488. The van der Waals surface area contributed by atoms with Crippen LogP contribution in [-0.4, -0.2) is 93.6 Å². The van der Waals surface area contributed by atoms with Gasteiger partial charge in [0.15, 0.2) is 0 Å². The van der Waals surface area contributed by atoms with Crippen molar-refractivity contribution in [2.45, 2.75) is 51.1 Å². The maximum absolute atomic E-state index is 12.9. The van der Waals surface area contributed by atoms with E-state index in [4.69, 9.17) is 11.5 Å². The zero-order valence-electron chi connectivity index (χ0n) is 23.3. The van der Waals surface area contributed by atoms with Gasteiger partial charge in [0.05, 0.1) is 11.2 Å². The summed E-state index contributed by atoms with van der Waals surface area (Å²) in [4.78, 5) is 48.0. The number of aryl methyl sites for hydroxylation is 1. The van der Waals surface area contributed by atoms with Crippen LogP contribution in [0.1, 0.15) is 37.8 Å². The first-order chi connectivity index (χ1) is 18.6. The predicted molar refractivity (Wildman–Crippen MR) is 157 cm³/mol. The molecule has 12 heteroatoms. The van der Waals surface area contributed by atoms with Crippen molar-refractivity contribution in [3.63, 3.8) is 0 Å². The molecule has 2 aliphatic heterocycles. The molecule has 1 aromatic heterocycles. The fraction of sp³-hybridized carbons (Fsp3) is 0.571. The number of amides is 3. The van der Waals surface area contributed by atoms with Gasteiger partial charge >= 0.3 is 11.7 Å². The first kappa shape index (κ1) is 30.0. The Labute approximate surface area is 241 Å². The Balaban J connectivity index is 0.00000370. The van der Waals surface area contributed by atoms with Crippen molar-refractivity contribution in [3.05, 3.63) is 52.1 Å². The molecule has 40 heavy (non-hydrogen) atoms. The highest BCUT2D eigenvalue weighted by Gasteiger charge is 2.32. The summed E-state index contributed by atoms with van der Waals surface area (Å²) in [5.74, 6) is 0.679. The fourth-order valence-corrected chi connectivity index (χ4v) is 5.95. The van der Waals surface area contributed by atoms with E-state index in [1.807, 2.05) is 6.07 Å². The Morgan fingerprint density at radius 3 is 2.42 bits per heavy atom. The minimum absolute atomic E-state index is 0. The smallest absolute Gasteiger partial charge is 0.338 e. The van der Waals surface area contributed by atoms with Crippen LogP contribution in [0.2, 0.25) is 0 Å². The van der Waals surface area contributed by atoms with Gasteiger partial charge in [-0.1, -0.05) is 6.07 Å². The van der Waals surface area contributed by atoms with Crippen molar-refractivity contribution in [1.29, 1.82) is 0 Å². The van der Waals surface area contributed by atoms with Gasteiger partial charge in [0, 0.05) is 45.0 Å². The van der Waals surface area contributed by atoms with Gasteiger partial charge in [0.25, 0.3) is 0 Å². The number of nitrogens with zero attached hydrogens (tertiary/aromatic N) is 5. The number of halogens is 1. The third-order valence-electron chi connectivity index (χ3n) is 8.28. The number of anilines is 1. The molecule has 11 nitrogen and oxygen atoms in total. The van der Waals surface area contributed by atoms with E-state index < -0.39 is 11.2 Å². The summed E-state index contributed by atoms with van der Waals surface area (Å²) in [5.41, 5.74) is 13.8. The summed E-state index contributed by atoms with van der Waals surface area (Å²) in [6, 6.07) is 8.03. The molecule has 1 aliphatic carbocycles. The number of nitrogens with two attached hydrogens (primary N) is 2. The minimum Gasteiger partial charge on any atom is -0.338 e. The standard InChI is InChI=1S/C28H40N8O3.ClH/c1-28(2,30)25(37)33-11-13-34(14-12-33)26(38)31-24-8-10-36(27(39)32-24)23-6-4-20-15-22(5-3-21(20)16-23)35-9-7-19(17-29)18-35;/h4,6,8,10,16,19,22H,3,5,7,9,11-15,17-18,29-30H2,1-2H3,(H,31,32,38,39);1H/t19-,22?;/m0./s1. The van der Waals surface area contributed by atoms with E-state index in [0.29, 0.717) is 38.1 Å². The Hall–Kier alpha value is -2.99. The molecular formula is C28H41ClN8O3. The van der Waals surface area contributed by atoms with Gasteiger partial charge in [0.2, 0.25) is 5.91 Å². The SMILES string of the molecule is CC(C)(N)C(=O)N1CCN(C(=O)Nc2ccn(-c3ccc4c(c3)CCC(N3CC[C@@H](CN)C3)C4)c(=O)n2)CC1.Cl. The number of urea groups is 1. The minimum atomic E-state index is -0.943. The van der Waals surface area contributed by atoms with E-state index in [1.165, 1.54) is 22.1 Å². The first-order valence-electron chi connectivity index (χ1n) is 13.9. The van der Waals surface area contributed by atoms with E-state index in [2.05, 4.69) is 27.3 Å². The van der Waals surface area contributed by atoms with E-state index >= 15 is 0 Å². The van der Waals surface area contributed by atoms with Gasteiger partial charge in [-0.2, -0.15) is 4.98 Å². The molecule has 5 N–H and O–H groups in total. The first-order valence-corrected chi connectivity index (χ1v) is 13.9. The third-order valence-corrected chi connectivity index (χ3v) is 8.28. The molecule has 5 rings (SSSR count). The number of hydrogen-bond acceptors (Lipinski definition) is 7. The Kier molecular flexibility index (Phi) is 9.19. The lowest BCUT2D eigenvalue weighted by Gasteiger charge is -2.37. The highest BCUT2D eigenvalue weighted by atomic mass is 35.5. The van der Waals surface area contributed by atoms with Crippen molar-refractivity contribution in [1.82, 2.24) is 24.3 Å². The molecule has 0 saturated carbocycles. The van der Waals surface area contributed by atoms with Crippen LogP contribution in [0.15, 0.2) is 35.3 Å². The average Bonchev–Trinajstić information content (AvgIpc) is 3.41. The molecule has 3 heterocycles. The number of carbonyl (C=O) groups excluding carboxylic acids is 2. The highest BCUT2D eigenvalue weighted by Crippen LogP contribution is 2.29. The van der Waals surface area contributed by atoms with E-state index in [0.717, 1.165) is 44.6 Å². The maximum atomic E-state index is 12.9. The van der Waals surface area contributed by atoms with Crippen molar-refractivity contribution in [2.24, 2.45) is 17.4 Å². The molecule has 0 radical (unpaired) electrons. The van der Waals surface area contributed by atoms with E-state index in [1.54, 1.807) is 35.9 Å². The number of piperazine rings is 1. The highest BCUT2D eigenvalue weighted by molar-refractivity contribution is 5.89. The molecule has 218 valence electrons. The van der Waals surface area contributed by atoms with Crippen molar-refractivity contribution >= 4 is 30.2 Å². The van der Waals surface area contributed by atoms with Gasteiger partial charge in [0.1, 0.15) is 5.82 Å². The number of benzene rings is 1. The second-order valence-corrected chi connectivity index (χ2v) is 11.6. The van der Waals surface area contributed by atoms with Crippen LogP contribution in [0, 0.1) is 5.92 Å². The third kappa shape index (κ3) is 6.49. The molecule has 3 aliphatic rings. The zero-order chi connectivity index (χ0) is 27.7. The van der Waals surface area contributed by atoms with E-state index in [-0.39, 0.29) is 30.2 Å². The van der Waals surface area contributed by atoms with Crippen molar-refractivity contribution in [3.8, 4) is 5.69 Å². The van der Waals surface area contributed by atoms with Gasteiger partial charge in [-0.3, -0.25) is 19.6 Å². The van der Waals surface area contributed by atoms with Gasteiger partial charge in [-0.15, -0.1) is 12.4 Å². The summed E-state index contributed by atoms with van der Waals surface area (Å²) in [5, 5.41) is 2.72. The summed E-state index contributed by atoms with van der Waals surface area (Å²) < 4.78 is 1.51. The second kappa shape index (κ2) is 12.3. The Bertz CT molecular complexity index is 1290. The molecule has 2 fully saturated rings. The van der Waals surface area contributed by atoms with Gasteiger partial charge < -0.3 is 21.3 Å². The normalized spacial score (nSPS) is 21.5. The molecular weight excluding hydrogens is 532 g/mol. The Morgan fingerprint density at radius 2 is 1.77 bits per heavy atom. The maximum Gasteiger partial charge on any atom is 0.354 e. The lowest BCUT2D eigenvalue weighted by molar-refractivity contribution is -0.137. The average molecular weight is 573 g/mol. The molecule has 3 amide bonds. The van der Waals surface area contributed by atoms with E-state index in [9.17, 15) is 14.4 Å². The summed E-state index contributed by atoms with van der Waals surface area (Å²) in [7, 11) is 0. The number of aromatic nitrogens is 2. The number of hydrogen-bond donors (Lipinski definition) is 3. The monoisotopic (exact) mass is 572 g/mol. The zero-order valence-corrected chi connectivity index (χ0v) is 24.2. The van der Waals surface area contributed by atoms with Crippen LogP contribution in [0.4, 0.5) is 10.6 Å². The second-order valence-electron chi connectivity index (χ2n) is 11.6. The fourth-order valence-electron chi connectivity index (χ4n) is 5.95. The molecule has 1 unspecified atom stereocenters. The predicted octanol–water partition coefficient (Wildman–Crippen LogP) is 1.21. The summed E-state index contributed by atoms with van der Waals surface area (Å²) >= 11 is 0. The number of carbonyl (C=O) groups is 2. The van der Waals surface area contributed by atoms with Crippen molar-refractivity contribution in [2.75, 3.05) is 51.1 Å². The van der Waals surface area contributed by atoms with Crippen LogP contribution in [-0.2, 0) is 17.6 Å². The van der Waals surface area contributed by atoms with Crippen LogP contribution in [0.5, 0.6) is 0 Å². The van der Waals surface area contributed by atoms with Crippen LogP contribution >= 0.6 is 12.4 Å². The molecule has 2 atom stereocenters. The van der Waals surface area contributed by atoms with Crippen LogP contribution in [0.3, 0.4) is 0 Å². The summed E-state index contributed by atoms with van der Waals surface area (Å²) in [6.07, 6.45) is 5.96. The van der Waals surface area contributed by atoms with Gasteiger partial charge in [-0.05, 0) is 87.9 Å². The van der Waals surface area contributed by atoms with Crippen molar-refractivity contribution < 1.29 is 9.59 Å². The Morgan fingerprint density at radius 1 is 1.05 bits per heavy atom. The van der Waals surface area contributed by atoms with Crippen LogP contribution in [0.25, 0.3) is 5.69 Å². The molecule has 0 bridgehead atoms. The molecule has 0 spiro atoms. The number of fused-ring (bicyclic) bond motifs is 1. The topological polar surface area (TPSA) is 143 Å². The molecule has 1 aromatic carbocycles. The number of likely N-dealkylation sites (tertiary alicyclic amines) is 1. The lowest BCUT2D eigenvalue weighted by Crippen LogP contribution is -2.58. The number of nitrogens with one attached hydrogen (secondary N) is 1. The summed E-state index contributed by atoms with van der Waals surface area (Å²) in [6.45, 7) is 7.93. The van der Waals surface area contributed by atoms with Crippen LogP contribution < -0.4 is 22.5 Å². The van der Waals surface area contributed by atoms with Gasteiger partial charge in [-0.25, -0.2) is 9.59 Å². The lowest BCUT2D eigenvalue weighted by atomic mass is 9.87. The molecule has 2 saturated heterocycles. The molecule has 2 aromatic rings.